The quantitative estimate of drug-likeness (QED) is 0.300. The largest absolute Gasteiger partial charge is 0.494 e. The normalized spacial score (nSPS) is 10.2. The van der Waals surface area contributed by atoms with E-state index in [1.807, 2.05) is 36.4 Å². The van der Waals surface area contributed by atoms with E-state index in [4.69, 9.17) is 10.3 Å². The zero-order chi connectivity index (χ0) is 12.3. The molecule has 0 aliphatic carbocycles. The number of rotatable bonds is 7. The molecule has 1 rings (SSSR count). The van der Waals surface area contributed by atoms with Crippen LogP contribution in [0, 0.1) is 0 Å². The van der Waals surface area contributed by atoms with Crippen molar-refractivity contribution < 1.29 is 4.74 Å². The molecule has 0 unspecified atom stereocenters. The molecule has 4 nitrogen and oxygen atoms in total. The summed E-state index contributed by atoms with van der Waals surface area (Å²) in [6.07, 6.45) is 5.96. The van der Waals surface area contributed by atoms with E-state index in [0.29, 0.717) is 6.54 Å². The Morgan fingerprint density at radius 1 is 1.35 bits per heavy atom. The Morgan fingerprint density at radius 2 is 2.12 bits per heavy atom. The fraction of sp³-hybridized carbons (Fsp3) is 0.385. The van der Waals surface area contributed by atoms with Gasteiger partial charge in [-0.3, -0.25) is 0 Å². The molecule has 4 heteroatoms. The van der Waals surface area contributed by atoms with Gasteiger partial charge in [0, 0.05) is 11.5 Å². The maximum Gasteiger partial charge on any atom is 0.119 e. The van der Waals surface area contributed by atoms with E-state index in [9.17, 15) is 0 Å². The molecule has 0 aliphatic rings. The second-order valence-electron chi connectivity index (χ2n) is 3.59. The van der Waals surface area contributed by atoms with E-state index in [1.54, 1.807) is 0 Å². The fourth-order valence-electron chi connectivity index (χ4n) is 1.28. The van der Waals surface area contributed by atoms with Crippen molar-refractivity contribution in [3.8, 4) is 5.75 Å². The first-order valence-corrected chi connectivity index (χ1v) is 5.77. The first kappa shape index (κ1) is 13.1. The predicted molar refractivity (Wildman–Crippen MR) is 69.9 cm³/mol. The number of hydrogen-bond acceptors (Lipinski definition) is 2. The van der Waals surface area contributed by atoms with Gasteiger partial charge >= 0.3 is 0 Å². The third-order valence-electron chi connectivity index (χ3n) is 2.21. The van der Waals surface area contributed by atoms with Gasteiger partial charge < -0.3 is 4.74 Å². The van der Waals surface area contributed by atoms with Crippen molar-refractivity contribution in [3.05, 3.63) is 46.3 Å². The van der Waals surface area contributed by atoms with Crippen LogP contribution < -0.4 is 4.74 Å². The van der Waals surface area contributed by atoms with Crippen molar-refractivity contribution in [2.24, 2.45) is 5.11 Å². The number of azide groups is 1. The highest BCUT2D eigenvalue weighted by atomic mass is 16.5. The van der Waals surface area contributed by atoms with E-state index in [1.165, 1.54) is 0 Å². The Hall–Kier alpha value is -1.93. The third kappa shape index (κ3) is 5.64. The third-order valence-corrected chi connectivity index (χ3v) is 2.21. The molecule has 1 aromatic rings. The van der Waals surface area contributed by atoms with E-state index < -0.39 is 0 Å². The van der Waals surface area contributed by atoms with Gasteiger partial charge in [-0.15, -0.1) is 0 Å². The molecule has 0 saturated heterocycles. The van der Waals surface area contributed by atoms with Crippen LogP contribution in [-0.4, -0.2) is 13.2 Å². The van der Waals surface area contributed by atoms with Crippen LogP contribution in [-0.2, 0) is 0 Å². The fourth-order valence-corrected chi connectivity index (χ4v) is 1.28. The molecule has 0 fully saturated rings. The summed E-state index contributed by atoms with van der Waals surface area (Å²) in [6, 6.07) is 7.85. The van der Waals surface area contributed by atoms with Crippen molar-refractivity contribution in [3.63, 3.8) is 0 Å². The van der Waals surface area contributed by atoms with E-state index in [2.05, 4.69) is 16.9 Å². The second-order valence-corrected chi connectivity index (χ2v) is 3.59. The summed E-state index contributed by atoms with van der Waals surface area (Å²) >= 11 is 0. The second kappa shape index (κ2) is 8.25. The smallest absolute Gasteiger partial charge is 0.119 e. The SMILES string of the molecule is CCCCOc1ccc(C=CCN=[N+]=[N-])cc1. The van der Waals surface area contributed by atoms with Crippen LogP contribution in [0.2, 0.25) is 0 Å². The van der Waals surface area contributed by atoms with Gasteiger partial charge in [-0.25, -0.2) is 0 Å². The van der Waals surface area contributed by atoms with Crippen LogP contribution in [0.3, 0.4) is 0 Å². The van der Waals surface area contributed by atoms with Crippen LogP contribution in [0.15, 0.2) is 35.5 Å². The molecule has 0 amide bonds. The molecule has 0 spiro atoms. The van der Waals surface area contributed by atoms with Crippen LogP contribution in [0.5, 0.6) is 5.75 Å². The Labute approximate surface area is 102 Å². The van der Waals surface area contributed by atoms with Gasteiger partial charge in [0.05, 0.1) is 6.61 Å². The van der Waals surface area contributed by atoms with Gasteiger partial charge in [-0.05, 0) is 29.6 Å². The van der Waals surface area contributed by atoms with Gasteiger partial charge in [0.15, 0.2) is 0 Å². The molecule has 1 aromatic carbocycles. The number of benzene rings is 1. The van der Waals surface area contributed by atoms with Crippen LogP contribution in [0.1, 0.15) is 25.3 Å². The molecule has 0 heterocycles. The summed E-state index contributed by atoms with van der Waals surface area (Å²) < 4.78 is 5.55. The molecule has 0 radical (unpaired) electrons. The Balaban J connectivity index is 2.44. The summed E-state index contributed by atoms with van der Waals surface area (Å²) in [4.78, 5) is 2.68. The zero-order valence-electron chi connectivity index (χ0n) is 10.0. The molecule has 0 atom stereocenters. The highest BCUT2D eigenvalue weighted by Crippen LogP contribution is 2.13. The molecule has 90 valence electrons. The standard InChI is InChI=1S/C13H17N3O/c1-2-3-11-17-13-8-6-12(7-9-13)5-4-10-15-16-14/h4-9H,2-3,10-11H2,1H3. The van der Waals surface area contributed by atoms with Crippen molar-refractivity contribution in [2.75, 3.05) is 13.2 Å². The first-order chi connectivity index (χ1) is 8.36. The highest BCUT2D eigenvalue weighted by Gasteiger charge is 1.92. The number of hydrogen-bond donors (Lipinski definition) is 0. The van der Waals surface area contributed by atoms with E-state index >= 15 is 0 Å². The Kier molecular flexibility index (Phi) is 6.37. The minimum atomic E-state index is 0.380. The van der Waals surface area contributed by atoms with Crippen molar-refractivity contribution in [1.82, 2.24) is 0 Å². The molecular formula is C13H17N3O. The number of nitrogens with zero attached hydrogens (tertiary/aromatic N) is 3. The molecule has 0 bridgehead atoms. The predicted octanol–water partition coefficient (Wildman–Crippen LogP) is 4.19. The topological polar surface area (TPSA) is 58.0 Å². The monoisotopic (exact) mass is 231 g/mol. The summed E-state index contributed by atoms with van der Waals surface area (Å²) in [7, 11) is 0. The highest BCUT2D eigenvalue weighted by molar-refractivity contribution is 5.50. The average Bonchev–Trinajstić information content (AvgIpc) is 2.37. The van der Waals surface area contributed by atoms with E-state index in [-0.39, 0.29) is 0 Å². The van der Waals surface area contributed by atoms with Crippen molar-refractivity contribution in [1.29, 1.82) is 0 Å². The van der Waals surface area contributed by atoms with Crippen molar-refractivity contribution >= 4 is 6.08 Å². The molecule has 17 heavy (non-hydrogen) atoms. The first-order valence-electron chi connectivity index (χ1n) is 5.77. The van der Waals surface area contributed by atoms with Gasteiger partial charge in [-0.2, -0.15) is 0 Å². The summed E-state index contributed by atoms with van der Waals surface area (Å²) in [5.41, 5.74) is 9.18. The van der Waals surface area contributed by atoms with Gasteiger partial charge in [0.2, 0.25) is 0 Å². The van der Waals surface area contributed by atoms with Crippen LogP contribution in [0.4, 0.5) is 0 Å². The molecule has 0 saturated carbocycles. The van der Waals surface area contributed by atoms with Crippen LogP contribution >= 0.6 is 0 Å². The minimum Gasteiger partial charge on any atom is -0.494 e. The van der Waals surface area contributed by atoms with Gasteiger partial charge in [0.25, 0.3) is 0 Å². The number of unbranched alkanes of at least 4 members (excludes halogenated alkanes) is 1. The van der Waals surface area contributed by atoms with Gasteiger partial charge in [-0.1, -0.05) is 42.7 Å². The van der Waals surface area contributed by atoms with E-state index in [0.717, 1.165) is 30.8 Å². The lowest BCUT2D eigenvalue weighted by Gasteiger charge is -2.04. The lowest BCUT2D eigenvalue weighted by molar-refractivity contribution is 0.309. The average molecular weight is 231 g/mol. The molecular weight excluding hydrogens is 214 g/mol. The lowest BCUT2D eigenvalue weighted by Crippen LogP contribution is -1.95. The summed E-state index contributed by atoms with van der Waals surface area (Å²) in [6.45, 7) is 3.29. The maximum atomic E-state index is 8.11. The lowest BCUT2D eigenvalue weighted by atomic mass is 10.2. The Bertz CT molecular complexity index is 392. The maximum absolute atomic E-state index is 8.11. The van der Waals surface area contributed by atoms with Crippen molar-refractivity contribution in [2.45, 2.75) is 19.8 Å². The molecule has 0 aromatic heterocycles. The summed E-state index contributed by atoms with van der Waals surface area (Å²) in [5, 5.41) is 3.42. The molecule has 0 N–H and O–H groups in total. The summed E-state index contributed by atoms with van der Waals surface area (Å²) in [5.74, 6) is 0.894. The van der Waals surface area contributed by atoms with Gasteiger partial charge in [0.1, 0.15) is 5.75 Å². The molecule has 0 aliphatic heterocycles. The van der Waals surface area contributed by atoms with Crippen LogP contribution in [0.25, 0.3) is 16.5 Å². The Morgan fingerprint density at radius 3 is 2.76 bits per heavy atom. The minimum absolute atomic E-state index is 0.380. The number of ether oxygens (including phenoxy) is 1. The zero-order valence-corrected chi connectivity index (χ0v) is 10.0.